The van der Waals surface area contributed by atoms with E-state index in [2.05, 4.69) is 5.32 Å². The summed E-state index contributed by atoms with van der Waals surface area (Å²) >= 11 is 0. The van der Waals surface area contributed by atoms with Crippen LogP contribution >= 0.6 is 12.4 Å². The van der Waals surface area contributed by atoms with Crippen LogP contribution in [-0.2, 0) is 14.8 Å². The number of sulfonamides is 1. The van der Waals surface area contributed by atoms with Crippen molar-refractivity contribution < 1.29 is 17.6 Å². The van der Waals surface area contributed by atoms with Crippen LogP contribution in [0.25, 0.3) is 0 Å². The van der Waals surface area contributed by atoms with Crippen LogP contribution in [0.3, 0.4) is 0 Å². The molecule has 1 aliphatic rings. The molecule has 0 aromatic heterocycles. The molecule has 0 aliphatic carbocycles. The van der Waals surface area contributed by atoms with Crippen molar-refractivity contribution in [2.24, 2.45) is 0 Å². The van der Waals surface area contributed by atoms with Crippen LogP contribution in [0.15, 0.2) is 24.3 Å². The lowest BCUT2D eigenvalue weighted by Crippen LogP contribution is -2.51. The van der Waals surface area contributed by atoms with Gasteiger partial charge in [-0.15, -0.1) is 12.4 Å². The summed E-state index contributed by atoms with van der Waals surface area (Å²) in [6.45, 7) is 1.38. The number of hydrogen-bond donors (Lipinski definition) is 1. The molecule has 1 unspecified atom stereocenters. The third kappa shape index (κ3) is 5.13. The highest BCUT2D eigenvalue weighted by atomic mass is 35.5. The molecule has 23 heavy (non-hydrogen) atoms. The monoisotopic (exact) mass is 365 g/mol. The molecule has 1 amide bonds. The second kappa shape index (κ2) is 8.05. The van der Waals surface area contributed by atoms with E-state index in [1.165, 1.54) is 19.2 Å². The van der Waals surface area contributed by atoms with Gasteiger partial charge in [-0.05, 0) is 17.7 Å². The van der Waals surface area contributed by atoms with Crippen LogP contribution in [0.1, 0.15) is 11.6 Å². The van der Waals surface area contributed by atoms with Crippen molar-refractivity contribution in [1.82, 2.24) is 14.5 Å². The number of nitrogens with zero attached hydrogens (tertiary/aromatic N) is 2. The molecule has 0 bridgehead atoms. The zero-order chi connectivity index (χ0) is 16.3. The lowest BCUT2D eigenvalue weighted by atomic mass is 10.0. The maximum atomic E-state index is 13.4. The molecule has 1 saturated heterocycles. The third-order valence-corrected chi connectivity index (χ3v) is 4.98. The van der Waals surface area contributed by atoms with Crippen molar-refractivity contribution in [3.63, 3.8) is 0 Å². The smallest absolute Gasteiger partial charge is 0.238 e. The first-order valence-electron chi connectivity index (χ1n) is 6.96. The van der Waals surface area contributed by atoms with Crippen LogP contribution in [0, 0.1) is 5.82 Å². The first-order valence-corrected chi connectivity index (χ1v) is 8.81. The van der Waals surface area contributed by atoms with Gasteiger partial charge < -0.3 is 10.2 Å². The van der Waals surface area contributed by atoms with Gasteiger partial charge in [-0.3, -0.25) is 4.79 Å². The van der Waals surface area contributed by atoms with E-state index in [0.29, 0.717) is 25.2 Å². The van der Waals surface area contributed by atoms with Gasteiger partial charge >= 0.3 is 0 Å². The second-order valence-corrected chi connectivity index (χ2v) is 7.47. The Morgan fingerprint density at radius 3 is 2.78 bits per heavy atom. The molecule has 1 atom stereocenters. The summed E-state index contributed by atoms with van der Waals surface area (Å²) in [5, 5.41) is 3.17. The van der Waals surface area contributed by atoms with E-state index >= 15 is 0 Å². The number of amides is 1. The maximum absolute atomic E-state index is 13.4. The molecule has 6 nitrogen and oxygen atoms in total. The summed E-state index contributed by atoms with van der Waals surface area (Å²) in [6, 6.07) is 5.82. The molecule has 1 aliphatic heterocycles. The van der Waals surface area contributed by atoms with Crippen molar-refractivity contribution in [3.05, 3.63) is 35.6 Å². The second-order valence-electron chi connectivity index (χ2n) is 5.38. The Kier molecular flexibility index (Phi) is 6.94. The van der Waals surface area contributed by atoms with Crippen molar-refractivity contribution >= 4 is 28.3 Å². The number of nitrogens with one attached hydrogen (secondary N) is 1. The van der Waals surface area contributed by atoms with Gasteiger partial charge in [-0.2, -0.15) is 4.31 Å². The standard InChI is InChI=1S/C14H20FN3O3S.ClH/c1-17(22(2,20)21)10-14(19)18-7-6-16-9-13(18)11-4-3-5-12(15)8-11;/h3-5,8,13,16H,6-7,9-10H2,1-2H3;1H. The van der Waals surface area contributed by atoms with Gasteiger partial charge in [0.15, 0.2) is 0 Å². The molecule has 1 fully saturated rings. The van der Waals surface area contributed by atoms with Crippen molar-refractivity contribution in [3.8, 4) is 0 Å². The minimum absolute atomic E-state index is 0. The molecule has 2 rings (SSSR count). The molecule has 1 N–H and O–H groups in total. The van der Waals surface area contributed by atoms with Crippen LogP contribution in [0.2, 0.25) is 0 Å². The minimum atomic E-state index is -3.42. The normalized spacial score (nSPS) is 18.6. The highest BCUT2D eigenvalue weighted by Gasteiger charge is 2.29. The summed E-state index contributed by atoms with van der Waals surface area (Å²) in [7, 11) is -2.05. The molecule has 0 spiro atoms. The Hall–Kier alpha value is -1.22. The predicted molar refractivity (Wildman–Crippen MR) is 88.4 cm³/mol. The zero-order valence-corrected chi connectivity index (χ0v) is 14.7. The average molecular weight is 366 g/mol. The van der Waals surface area contributed by atoms with Gasteiger partial charge in [0, 0.05) is 26.7 Å². The predicted octanol–water partition coefficient (Wildman–Crippen LogP) is 0.612. The molecule has 1 aromatic rings. The maximum Gasteiger partial charge on any atom is 0.238 e. The van der Waals surface area contributed by atoms with E-state index in [-0.39, 0.29) is 36.7 Å². The zero-order valence-electron chi connectivity index (χ0n) is 13.0. The molecule has 9 heteroatoms. The molecule has 0 radical (unpaired) electrons. The van der Waals surface area contributed by atoms with Crippen LogP contribution in [0.4, 0.5) is 4.39 Å². The number of halogens is 2. The third-order valence-electron chi connectivity index (χ3n) is 3.72. The van der Waals surface area contributed by atoms with Crippen LogP contribution in [-0.4, -0.2) is 63.0 Å². The summed E-state index contributed by atoms with van der Waals surface area (Å²) in [4.78, 5) is 14.0. The van der Waals surface area contributed by atoms with Gasteiger partial charge in [0.2, 0.25) is 15.9 Å². The number of rotatable bonds is 4. The minimum Gasteiger partial charge on any atom is -0.332 e. The number of benzene rings is 1. The lowest BCUT2D eigenvalue weighted by Gasteiger charge is -2.37. The van der Waals surface area contributed by atoms with Crippen molar-refractivity contribution in [1.29, 1.82) is 0 Å². The summed E-state index contributed by atoms with van der Waals surface area (Å²) in [6.07, 6.45) is 1.06. The number of carbonyl (C=O) groups is 1. The average Bonchev–Trinajstić information content (AvgIpc) is 2.46. The molecular weight excluding hydrogens is 345 g/mol. The Bertz CT molecular complexity index is 656. The van der Waals surface area contributed by atoms with Gasteiger partial charge in [0.25, 0.3) is 0 Å². The Balaban J connectivity index is 0.00000264. The summed E-state index contributed by atoms with van der Waals surface area (Å²) in [5.41, 5.74) is 0.697. The van der Waals surface area contributed by atoms with Crippen molar-refractivity contribution in [2.75, 3.05) is 39.5 Å². The van der Waals surface area contributed by atoms with Crippen LogP contribution < -0.4 is 5.32 Å². The SMILES string of the molecule is CN(CC(=O)N1CCNCC1c1cccc(F)c1)S(C)(=O)=O.Cl. The first-order chi connectivity index (χ1) is 10.3. The fraction of sp³-hybridized carbons (Fsp3) is 0.500. The van der Waals surface area contributed by atoms with E-state index in [4.69, 9.17) is 0 Å². The van der Waals surface area contributed by atoms with Crippen molar-refractivity contribution in [2.45, 2.75) is 6.04 Å². The van der Waals surface area contributed by atoms with E-state index in [9.17, 15) is 17.6 Å². The Morgan fingerprint density at radius 1 is 1.48 bits per heavy atom. The van der Waals surface area contributed by atoms with E-state index in [0.717, 1.165) is 10.6 Å². The molecule has 0 saturated carbocycles. The van der Waals surface area contributed by atoms with Gasteiger partial charge in [-0.1, -0.05) is 12.1 Å². The lowest BCUT2D eigenvalue weighted by molar-refractivity contribution is -0.134. The largest absolute Gasteiger partial charge is 0.332 e. The highest BCUT2D eigenvalue weighted by Crippen LogP contribution is 2.23. The molecule has 1 aromatic carbocycles. The van der Waals surface area contributed by atoms with Gasteiger partial charge in [0.05, 0.1) is 18.8 Å². The first kappa shape index (κ1) is 19.8. The molecule has 1 heterocycles. The Morgan fingerprint density at radius 2 is 2.17 bits per heavy atom. The summed E-state index contributed by atoms with van der Waals surface area (Å²) in [5.74, 6) is -0.646. The fourth-order valence-corrected chi connectivity index (χ4v) is 2.76. The van der Waals surface area contributed by atoms with Crippen LogP contribution in [0.5, 0.6) is 0 Å². The summed E-state index contributed by atoms with van der Waals surface area (Å²) < 4.78 is 37.3. The fourth-order valence-electron chi connectivity index (χ4n) is 2.41. The molecule has 130 valence electrons. The van der Waals surface area contributed by atoms with E-state index < -0.39 is 10.0 Å². The van der Waals surface area contributed by atoms with E-state index in [1.807, 2.05) is 0 Å². The van der Waals surface area contributed by atoms with Gasteiger partial charge in [0.1, 0.15) is 5.82 Å². The van der Waals surface area contributed by atoms with Gasteiger partial charge in [-0.25, -0.2) is 12.8 Å². The number of carbonyl (C=O) groups excluding carboxylic acids is 1. The quantitative estimate of drug-likeness (QED) is 0.849. The Labute approximate surface area is 142 Å². The number of piperazine rings is 1. The number of likely N-dealkylation sites (N-methyl/N-ethyl adjacent to an activating group) is 1. The highest BCUT2D eigenvalue weighted by molar-refractivity contribution is 7.88. The number of hydrogen-bond acceptors (Lipinski definition) is 4. The topological polar surface area (TPSA) is 69.7 Å². The van der Waals surface area contributed by atoms with E-state index in [1.54, 1.807) is 17.0 Å². The molecular formula is C14H21ClFN3O3S.